The number of fused-ring (bicyclic) bond motifs is 1. The lowest BCUT2D eigenvalue weighted by Gasteiger charge is -2.15. The Morgan fingerprint density at radius 1 is 1.25 bits per heavy atom. The summed E-state index contributed by atoms with van der Waals surface area (Å²) in [6.07, 6.45) is 1.20. The van der Waals surface area contributed by atoms with E-state index in [1.54, 1.807) is 0 Å². The molecule has 0 saturated carbocycles. The molecule has 83 valence electrons. The highest BCUT2D eigenvalue weighted by Gasteiger charge is 2.08. The molecule has 0 fully saturated rings. The highest BCUT2D eigenvalue weighted by molar-refractivity contribution is 5.82. The van der Waals surface area contributed by atoms with E-state index in [0.717, 1.165) is 18.4 Å². The lowest BCUT2D eigenvalue weighted by molar-refractivity contribution is 0.0599. The van der Waals surface area contributed by atoms with E-state index >= 15 is 0 Å². The van der Waals surface area contributed by atoms with E-state index < -0.39 is 0 Å². The number of hydrogen-bond acceptors (Lipinski definition) is 1. The summed E-state index contributed by atoms with van der Waals surface area (Å²) in [5.41, 5.74) is 1.23. The first-order valence-corrected chi connectivity index (χ1v) is 5.87. The predicted molar refractivity (Wildman–Crippen MR) is 67.4 cm³/mol. The van der Waals surface area contributed by atoms with Gasteiger partial charge in [-0.3, -0.25) is 0 Å². The van der Waals surface area contributed by atoms with Crippen molar-refractivity contribution >= 4 is 10.8 Å². The second-order valence-corrected chi connectivity index (χ2v) is 3.87. The lowest BCUT2D eigenvalue weighted by atomic mass is 10.0. The van der Waals surface area contributed by atoms with Gasteiger partial charge in [-0.05, 0) is 47.9 Å². The summed E-state index contributed by atoms with van der Waals surface area (Å²) in [5, 5.41) is 2.40. The van der Waals surface area contributed by atoms with Crippen molar-refractivity contribution in [2.24, 2.45) is 0 Å². The van der Waals surface area contributed by atoms with Crippen molar-refractivity contribution < 1.29 is 4.74 Å². The maximum absolute atomic E-state index is 5.71. The number of rotatable bonds is 4. The Morgan fingerprint density at radius 2 is 2.06 bits per heavy atom. The van der Waals surface area contributed by atoms with Crippen LogP contribution in [0.25, 0.3) is 10.8 Å². The smallest absolute Gasteiger partial charge is 0.0822 e. The van der Waals surface area contributed by atoms with E-state index in [1.807, 2.05) is 19.1 Å². The highest BCUT2D eigenvalue weighted by atomic mass is 16.5. The van der Waals surface area contributed by atoms with Gasteiger partial charge in [0.1, 0.15) is 0 Å². The van der Waals surface area contributed by atoms with Gasteiger partial charge in [0.05, 0.1) is 6.10 Å². The van der Waals surface area contributed by atoms with Crippen LogP contribution in [0, 0.1) is 6.07 Å². The molecule has 0 bridgehead atoms. The molecule has 0 saturated heterocycles. The van der Waals surface area contributed by atoms with Gasteiger partial charge in [-0.2, -0.15) is 0 Å². The van der Waals surface area contributed by atoms with E-state index in [0.29, 0.717) is 0 Å². The van der Waals surface area contributed by atoms with Crippen LogP contribution in [-0.4, -0.2) is 6.61 Å². The van der Waals surface area contributed by atoms with Crippen LogP contribution in [0.15, 0.2) is 36.4 Å². The normalized spacial score (nSPS) is 12.9. The standard InChI is InChI=1S/C15H17O/c1-3-15(16-4-2)14-10-9-12-7-5-6-8-13(12)11-14/h5-8,10-11,15H,3-4H2,1-2H3. The third-order valence-corrected chi connectivity index (χ3v) is 2.79. The molecule has 1 heteroatoms. The van der Waals surface area contributed by atoms with Crippen molar-refractivity contribution in [1.82, 2.24) is 0 Å². The zero-order valence-corrected chi connectivity index (χ0v) is 9.86. The van der Waals surface area contributed by atoms with Gasteiger partial charge in [0.2, 0.25) is 0 Å². The van der Waals surface area contributed by atoms with Crippen LogP contribution in [0.3, 0.4) is 0 Å². The average molecular weight is 213 g/mol. The fourth-order valence-corrected chi connectivity index (χ4v) is 1.97. The van der Waals surface area contributed by atoms with E-state index in [-0.39, 0.29) is 6.10 Å². The lowest BCUT2D eigenvalue weighted by Crippen LogP contribution is -2.02. The minimum atomic E-state index is 0.200. The molecular formula is C15H17O. The van der Waals surface area contributed by atoms with Crippen LogP contribution in [0.4, 0.5) is 0 Å². The van der Waals surface area contributed by atoms with Crippen LogP contribution in [0.5, 0.6) is 0 Å². The van der Waals surface area contributed by atoms with Crippen LogP contribution in [-0.2, 0) is 4.74 Å². The minimum Gasteiger partial charge on any atom is -0.374 e. The third-order valence-electron chi connectivity index (χ3n) is 2.79. The van der Waals surface area contributed by atoms with Crippen molar-refractivity contribution in [3.05, 3.63) is 48.0 Å². The molecule has 0 aliphatic heterocycles. The van der Waals surface area contributed by atoms with Gasteiger partial charge in [0, 0.05) is 6.61 Å². The number of hydrogen-bond donors (Lipinski definition) is 0. The molecule has 0 aliphatic carbocycles. The van der Waals surface area contributed by atoms with Crippen molar-refractivity contribution in [1.29, 1.82) is 0 Å². The monoisotopic (exact) mass is 213 g/mol. The molecule has 1 unspecified atom stereocenters. The highest BCUT2D eigenvalue weighted by Crippen LogP contribution is 2.24. The maximum atomic E-state index is 5.71. The van der Waals surface area contributed by atoms with E-state index in [2.05, 4.69) is 37.3 Å². The topological polar surface area (TPSA) is 9.23 Å². The summed E-state index contributed by atoms with van der Waals surface area (Å²) in [5.74, 6) is 0. The molecular weight excluding hydrogens is 196 g/mol. The SMILES string of the molecule is CCOC(CC)c1c[c]c2ccccc2c1. The van der Waals surface area contributed by atoms with E-state index in [4.69, 9.17) is 4.74 Å². The van der Waals surface area contributed by atoms with Gasteiger partial charge in [0.15, 0.2) is 0 Å². The molecule has 2 rings (SSSR count). The van der Waals surface area contributed by atoms with Gasteiger partial charge in [-0.25, -0.2) is 0 Å². The second kappa shape index (κ2) is 5.13. The largest absolute Gasteiger partial charge is 0.374 e. The molecule has 16 heavy (non-hydrogen) atoms. The fraction of sp³-hybridized carbons (Fsp3) is 0.333. The molecule has 0 aliphatic rings. The molecule has 1 radical (unpaired) electrons. The zero-order chi connectivity index (χ0) is 11.4. The summed E-state index contributed by atoms with van der Waals surface area (Å²) >= 11 is 0. The Kier molecular flexibility index (Phi) is 3.58. The first kappa shape index (κ1) is 11.2. The number of benzene rings is 2. The van der Waals surface area contributed by atoms with Gasteiger partial charge in [-0.1, -0.05) is 31.2 Å². The van der Waals surface area contributed by atoms with Crippen LogP contribution < -0.4 is 0 Å². The zero-order valence-electron chi connectivity index (χ0n) is 9.86. The van der Waals surface area contributed by atoms with Crippen LogP contribution >= 0.6 is 0 Å². The van der Waals surface area contributed by atoms with Gasteiger partial charge in [0.25, 0.3) is 0 Å². The van der Waals surface area contributed by atoms with Gasteiger partial charge < -0.3 is 4.74 Å². The minimum absolute atomic E-state index is 0.200. The van der Waals surface area contributed by atoms with Crippen molar-refractivity contribution in [3.8, 4) is 0 Å². The van der Waals surface area contributed by atoms with Gasteiger partial charge >= 0.3 is 0 Å². The Hall–Kier alpha value is -1.34. The summed E-state index contributed by atoms with van der Waals surface area (Å²) in [4.78, 5) is 0. The van der Waals surface area contributed by atoms with E-state index in [9.17, 15) is 0 Å². The molecule has 0 N–H and O–H groups in total. The molecule has 1 atom stereocenters. The summed E-state index contributed by atoms with van der Waals surface area (Å²) in [6, 6.07) is 15.9. The van der Waals surface area contributed by atoms with Crippen molar-refractivity contribution in [2.45, 2.75) is 26.4 Å². The molecule has 0 amide bonds. The Balaban J connectivity index is 2.37. The first-order valence-electron chi connectivity index (χ1n) is 5.87. The van der Waals surface area contributed by atoms with Crippen molar-refractivity contribution in [2.75, 3.05) is 6.61 Å². The molecule has 0 aromatic heterocycles. The Labute approximate surface area is 97.1 Å². The third kappa shape index (κ3) is 2.25. The predicted octanol–water partition coefficient (Wildman–Crippen LogP) is 4.13. The second-order valence-electron chi connectivity index (χ2n) is 3.87. The van der Waals surface area contributed by atoms with Crippen LogP contribution in [0.2, 0.25) is 0 Å². The van der Waals surface area contributed by atoms with E-state index in [1.165, 1.54) is 10.9 Å². The number of ether oxygens (including phenoxy) is 1. The molecule has 2 aromatic carbocycles. The molecule has 1 nitrogen and oxygen atoms in total. The Morgan fingerprint density at radius 3 is 2.81 bits per heavy atom. The summed E-state index contributed by atoms with van der Waals surface area (Å²) in [7, 11) is 0. The maximum Gasteiger partial charge on any atom is 0.0822 e. The fourth-order valence-electron chi connectivity index (χ4n) is 1.97. The molecule has 2 aromatic rings. The summed E-state index contributed by atoms with van der Waals surface area (Å²) in [6.45, 7) is 4.94. The first-order chi connectivity index (χ1) is 7.85. The van der Waals surface area contributed by atoms with Crippen molar-refractivity contribution in [3.63, 3.8) is 0 Å². The Bertz CT molecular complexity index is 462. The average Bonchev–Trinajstić information content (AvgIpc) is 2.35. The summed E-state index contributed by atoms with van der Waals surface area (Å²) < 4.78 is 5.71. The molecule has 0 heterocycles. The van der Waals surface area contributed by atoms with Crippen LogP contribution in [0.1, 0.15) is 31.9 Å². The quantitative estimate of drug-likeness (QED) is 0.742. The molecule has 0 spiro atoms. The van der Waals surface area contributed by atoms with Gasteiger partial charge in [-0.15, -0.1) is 0 Å².